The summed E-state index contributed by atoms with van der Waals surface area (Å²) in [5.41, 5.74) is -0.204. The molecular weight excluding hydrogens is 200 g/mol. The highest BCUT2D eigenvalue weighted by Crippen LogP contribution is 2.29. The normalized spacial score (nSPS) is 24.3. The molecule has 90 valence electrons. The summed E-state index contributed by atoms with van der Waals surface area (Å²) in [6.07, 6.45) is 6.98. The van der Waals surface area contributed by atoms with E-state index >= 15 is 0 Å². The van der Waals surface area contributed by atoms with Gasteiger partial charge in [0.2, 0.25) is 0 Å². The molecule has 0 aromatic heterocycles. The molecule has 0 atom stereocenters. The molecule has 0 aromatic carbocycles. The van der Waals surface area contributed by atoms with Gasteiger partial charge in [-0.25, -0.2) is 0 Å². The van der Waals surface area contributed by atoms with Crippen molar-refractivity contribution in [3.63, 3.8) is 0 Å². The van der Waals surface area contributed by atoms with E-state index < -0.39 is 0 Å². The fourth-order valence-corrected chi connectivity index (χ4v) is 2.84. The van der Waals surface area contributed by atoms with Gasteiger partial charge in [0.05, 0.1) is 19.3 Å². The molecule has 0 radical (unpaired) electrons. The number of ether oxygens (including phenoxy) is 1. The largest absolute Gasteiger partial charge is 0.378 e. The van der Waals surface area contributed by atoms with Crippen LogP contribution < -0.4 is 0 Å². The van der Waals surface area contributed by atoms with Gasteiger partial charge < -0.3 is 9.64 Å². The highest BCUT2D eigenvalue weighted by molar-refractivity contribution is 5.05. The Hall–Kier alpha value is -0.590. The Kier molecular flexibility index (Phi) is 3.83. The van der Waals surface area contributed by atoms with Crippen LogP contribution >= 0.6 is 0 Å². The predicted octanol–water partition coefficient (Wildman–Crippen LogP) is 2.04. The van der Waals surface area contributed by atoms with Gasteiger partial charge in [-0.2, -0.15) is 5.26 Å². The van der Waals surface area contributed by atoms with E-state index in [1.165, 1.54) is 32.1 Å². The van der Waals surface area contributed by atoms with Crippen molar-refractivity contribution in [3.05, 3.63) is 0 Å². The molecule has 3 nitrogen and oxygen atoms in total. The van der Waals surface area contributed by atoms with E-state index in [-0.39, 0.29) is 5.41 Å². The van der Waals surface area contributed by atoms with E-state index in [1.807, 2.05) is 0 Å². The first-order chi connectivity index (χ1) is 7.74. The van der Waals surface area contributed by atoms with Crippen molar-refractivity contribution in [2.24, 2.45) is 11.3 Å². The molecule has 16 heavy (non-hydrogen) atoms. The Morgan fingerprint density at radius 2 is 2.06 bits per heavy atom. The molecule has 0 spiro atoms. The average molecular weight is 222 g/mol. The summed E-state index contributed by atoms with van der Waals surface area (Å²) in [6.45, 7) is 3.25. The summed E-state index contributed by atoms with van der Waals surface area (Å²) in [4.78, 5) is 2.31. The Morgan fingerprint density at radius 1 is 1.38 bits per heavy atom. The van der Waals surface area contributed by atoms with E-state index in [4.69, 9.17) is 10.00 Å². The van der Waals surface area contributed by atoms with Crippen molar-refractivity contribution in [1.82, 2.24) is 4.90 Å². The fourth-order valence-electron chi connectivity index (χ4n) is 2.84. The van der Waals surface area contributed by atoms with Gasteiger partial charge >= 0.3 is 0 Å². The zero-order valence-electron chi connectivity index (χ0n) is 10.2. The van der Waals surface area contributed by atoms with Crippen molar-refractivity contribution in [1.29, 1.82) is 5.26 Å². The molecule has 0 N–H and O–H groups in total. The molecule has 0 aromatic rings. The zero-order valence-corrected chi connectivity index (χ0v) is 10.2. The van der Waals surface area contributed by atoms with Crippen molar-refractivity contribution in [2.75, 3.05) is 33.4 Å². The van der Waals surface area contributed by atoms with Gasteiger partial charge in [-0.05, 0) is 25.9 Å². The summed E-state index contributed by atoms with van der Waals surface area (Å²) >= 11 is 0. The fraction of sp³-hybridized carbons (Fsp3) is 0.923. The summed E-state index contributed by atoms with van der Waals surface area (Å²) in [6, 6.07) is 2.41. The van der Waals surface area contributed by atoms with Crippen LogP contribution in [-0.2, 0) is 4.74 Å². The molecule has 3 heteroatoms. The lowest BCUT2D eigenvalue weighted by Crippen LogP contribution is -2.49. The van der Waals surface area contributed by atoms with Crippen LogP contribution in [0.25, 0.3) is 0 Å². The molecule has 1 heterocycles. The molecule has 0 unspecified atom stereocenters. The highest BCUT2D eigenvalue weighted by atomic mass is 16.5. The monoisotopic (exact) mass is 222 g/mol. The molecular formula is C13H22N2O. The lowest BCUT2D eigenvalue weighted by atomic mass is 9.87. The predicted molar refractivity (Wildman–Crippen MR) is 62.9 cm³/mol. The minimum atomic E-state index is -0.204. The third kappa shape index (κ3) is 2.75. The van der Waals surface area contributed by atoms with Crippen LogP contribution in [0.4, 0.5) is 0 Å². The molecule has 2 rings (SSSR count). The Bertz CT molecular complexity index is 262. The van der Waals surface area contributed by atoms with Crippen molar-refractivity contribution >= 4 is 0 Å². The lowest BCUT2D eigenvalue weighted by molar-refractivity contribution is -0.0890. The van der Waals surface area contributed by atoms with Crippen molar-refractivity contribution in [2.45, 2.75) is 32.1 Å². The smallest absolute Gasteiger partial charge is 0.116 e. The number of hydrogen-bond acceptors (Lipinski definition) is 3. The van der Waals surface area contributed by atoms with Gasteiger partial charge in [0, 0.05) is 6.54 Å². The Morgan fingerprint density at radius 3 is 2.56 bits per heavy atom. The maximum absolute atomic E-state index is 9.11. The maximum Gasteiger partial charge on any atom is 0.116 e. The first-order valence-electron chi connectivity index (χ1n) is 6.42. The van der Waals surface area contributed by atoms with Crippen molar-refractivity contribution < 1.29 is 4.74 Å². The molecule has 1 saturated heterocycles. The van der Waals surface area contributed by atoms with Gasteiger partial charge in [0.1, 0.15) is 5.41 Å². The van der Waals surface area contributed by atoms with Gasteiger partial charge in [-0.15, -0.1) is 0 Å². The second-order valence-corrected chi connectivity index (χ2v) is 5.56. The van der Waals surface area contributed by atoms with E-state index in [0.29, 0.717) is 13.2 Å². The minimum Gasteiger partial charge on any atom is -0.378 e. The molecule has 1 aliphatic heterocycles. The number of rotatable bonds is 5. The first kappa shape index (κ1) is 11.9. The van der Waals surface area contributed by atoms with Crippen LogP contribution in [0.3, 0.4) is 0 Å². The zero-order chi connectivity index (χ0) is 11.4. The first-order valence-corrected chi connectivity index (χ1v) is 6.42. The van der Waals surface area contributed by atoms with E-state index in [0.717, 1.165) is 19.0 Å². The standard InChI is InChI=1S/C13H22N2O/c1-15(7-6-12-4-2-3-5-12)9-13(8-14)10-16-11-13/h12H,2-7,9-11H2,1H3. The third-order valence-corrected chi connectivity index (χ3v) is 3.96. The van der Waals surface area contributed by atoms with Gasteiger partial charge in [-0.3, -0.25) is 0 Å². The van der Waals surface area contributed by atoms with Crippen LogP contribution in [0.2, 0.25) is 0 Å². The quantitative estimate of drug-likeness (QED) is 0.714. The van der Waals surface area contributed by atoms with Crippen LogP contribution in [-0.4, -0.2) is 38.3 Å². The summed E-state index contributed by atoms with van der Waals surface area (Å²) in [5, 5.41) is 9.11. The SMILES string of the molecule is CN(CCC1CCCC1)CC1(C#N)COC1. The third-order valence-electron chi connectivity index (χ3n) is 3.96. The van der Waals surface area contributed by atoms with E-state index in [1.54, 1.807) is 0 Å². The van der Waals surface area contributed by atoms with Crippen LogP contribution in [0.15, 0.2) is 0 Å². The maximum atomic E-state index is 9.11. The molecule has 2 aliphatic rings. The van der Waals surface area contributed by atoms with Gasteiger partial charge in [-0.1, -0.05) is 25.7 Å². The topological polar surface area (TPSA) is 36.3 Å². The number of hydrogen-bond donors (Lipinski definition) is 0. The van der Waals surface area contributed by atoms with E-state index in [9.17, 15) is 0 Å². The second kappa shape index (κ2) is 5.16. The summed E-state index contributed by atoms with van der Waals surface area (Å²) in [7, 11) is 2.13. The number of nitriles is 1. The average Bonchev–Trinajstić information content (AvgIpc) is 2.73. The minimum absolute atomic E-state index is 0.204. The van der Waals surface area contributed by atoms with Crippen LogP contribution in [0.1, 0.15) is 32.1 Å². The number of nitrogens with zero attached hydrogens (tertiary/aromatic N) is 2. The van der Waals surface area contributed by atoms with Gasteiger partial charge in [0.15, 0.2) is 0 Å². The molecule has 2 fully saturated rings. The lowest BCUT2D eigenvalue weighted by Gasteiger charge is -2.38. The Labute approximate surface area is 98.4 Å². The van der Waals surface area contributed by atoms with E-state index in [2.05, 4.69) is 18.0 Å². The Balaban J connectivity index is 1.67. The summed E-state index contributed by atoms with van der Waals surface area (Å²) < 4.78 is 5.16. The van der Waals surface area contributed by atoms with Crippen LogP contribution in [0, 0.1) is 22.7 Å². The molecule has 1 aliphatic carbocycles. The van der Waals surface area contributed by atoms with Crippen molar-refractivity contribution in [3.8, 4) is 6.07 Å². The highest BCUT2D eigenvalue weighted by Gasteiger charge is 2.39. The molecule has 1 saturated carbocycles. The van der Waals surface area contributed by atoms with Gasteiger partial charge in [0.25, 0.3) is 0 Å². The molecule has 0 amide bonds. The second-order valence-electron chi connectivity index (χ2n) is 5.56. The molecule has 0 bridgehead atoms. The summed E-state index contributed by atoms with van der Waals surface area (Å²) in [5.74, 6) is 0.943. The van der Waals surface area contributed by atoms with Crippen LogP contribution in [0.5, 0.6) is 0 Å².